The second-order valence-electron chi connectivity index (χ2n) is 4.38. The van der Waals surface area contributed by atoms with Crippen molar-refractivity contribution in [3.63, 3.8) is 0 Å². The van der Waals surface area contributed by atoms with E-state index in [1.54, 1.807) is 6.07 Å². The van der Waals surface area contributed by atoms with E-state index >= 15 is 0 Å². The van der Waals surface area contributed by atoms with E-state index in [-0.39, 0.29) is 0 Å². The summed E-state index contributed by atoms with van der Waals surface area (Å²) in [5.41, 5.74) is 0. The summed E-state index contributed by atoms with van der Waals surface area (Å²) in [5, 5.41) is 9.80. The molecule has 2 rings (SSSR count). The number of hydrogen-bond acceptors (Lipinski definition) is 4. The zero-order chi connectivity index (χ0) is 12.3. The van der Waals surface area contributed by atoms with Crippen molar-refractivity contribution >= 4 is 22.3 Å². The van der Waals surface area contributed by atoms with Crippen molar-refractivity contribution in [3.05, 3.63) is 17.0 Å². The standard InChI is InChI=1S/C12H17NO3S/c1-13(6-7-16-8-9-2-3-9)11-5-4-10(17-11)12(14)15/h4-5,9H,2-3,6-8H2,1H3,(H,14,15). The molecule has 0 spiro atoms. The molecule has 0 radical (unpaired) electrons. The molecule has 1 aliphatic rings. The van der Waals surface area contributed by atoms with E-state index in [4.69, 9.17) is 9.84 Å². The van der Waals surface area contributed by atoms with Crippen molar-refractivity contribution in [3.8, 4) is 0 Å². The van der Waals surface area contributed by atoms with Gasteiger partial charge in [-0.1, -0.05) is 0 Å². The van der Waals surface area contributed by atoms with Gasteiger partial charge in [0.15, 0.2) is 0 Å². The Labute approximate surface area is 105 Å². The van der Waals surface area contributed by atoms with Crippen molar-refractivity contribution in [1.29, 1.82) is 0 Å². The fourth-order valence-electron chi connectivity index (χ4n) is 1.49. The number of carbonyl (C=O) groups is 1. The molecule has 1 aromatic heterocycles. The summed E-state index contributed by atoms with van der Waals surface area (Å²) >= 11 is 1.30. The van der Waals surface area contributed by atoms with Crippen LogP contribution in [0.25, 0.3) is 0 Å². The number of hydrogen-bond donors (Lipinski definition) is 1. The van der Waals surface area contributed by atoms with E-state index in [1.165, 1.54) is 24.2 Å². The minimum Gasteiger partial charge on any atom is -0.477 e. The number of carboxylic acid groups (broad SMARTS) is 1. The molecule has 17 heavy (non-hydrogen) atoms. The van der Waals surface area contributed by atoms with Crippen LogP contribution in [-0.2, 0) is 4.74 Å². The Kier molecular flexibility index (Phi) is 4.02. The first-order valence-corrected chi connectivity index (χ1v) is 6.60. The molecule has 94 valence electrons. The third-order valence-electron chi connectivity index (χ3n) is 2.80. The lowest BCUT2D eigenvalue weighted by molar-refractivity contribution is 0.0702. The monoisotopic (exact) mass is 255 g/mol. The smallest absolute Gasteiger partial charge is 0.345 e. The van der Waals surface area contributed by atoms with Crippen LogP contribution in [0, 0.1) is 5.92 Å². The first-order valence-electron chi connectivity index (χ1n) is 5.79. The summed E-state index contributed by atoms with van der Waals surface area (Å²) in [4.78, 5) is 13.2. The Morgan fingerprint density at radius 2 is 2.35 bits per heavy atom. The first-order chi connectivity index (χ1) is 8.16. The van der Waals surface area contributed by atoms with Gasteiger partial charge in [-0.15, -0.1) is 11.3 Å². The number of nitrogens with zero attached hydrogens (tertiary/aromatic N) is 1. The van der Waals surface area contributed by atoms with Crippen LogP contribution in [0.2, 0.25) is 0 Å². The van der Waals surface area contributed by atoms with Crippen molar-refractivity contribution in [1.82, 2.24) is 0 Å². The average molecular weight is 255 g/mol. The normalized spacial score (nSPS) is 14.9. The maximum atomic E-state index is 10.7. The summed E-state index contributed by atoms with van der Waals surface area (Å²) in [6.07, 6.45) is 2.62. The zero-order valence-corrected chi connectivity index (χ0v) is 10.7. The first kappa shape index (κ1) is 12.4. The Morgan fingerprint density at radius 3 is 2.94 bits per heavy atom. The van der Waals surface area contributed by atoms with Gasteiger partial charge in [-0.25, -0.2) is 4.79 Å². The van der Waals surface area contributed by atoms with Gasteiger partial charge in [0, 0.05) is 20.2 Å². The Hall–Kier alpha value is -1.07. The Morgan fingerprint density at radius 1 is 1.59 bits per heavy atom. The zero-order valence-electron chi connectivity index (χ0n) is 9.89. The second kappa shape index (κ2) is 5.51. The highest BCUT2D eigenvalue weighted by Crippen LogP contribution is 2.29. The quantitative estimate of drug-likeness (QED) is 0.760. The molecule has 1 aliphatic carbocycles. The van der Waals surface area contributed by atoms with Crippen LogP contribution < -0.4 is 4.90 Å². The number of ether oxygens (including phenoxy) is 1. The number of aromatic carboxylic acids is 1. The molecule has 0 aliphatic heterocycles. The summed E-state index contributed by atoms with van der Waals surface area (Å²) in [7, 11) is 1.96. The number of likely N-dealkylation sites (N-methyl/N-ethyl adjacent to an activating group) is 1. The number of carboxylic acids is 1. The van der Waals surface area contributed by atoms with Gasteiger partial charge in [-0.05, 0) is 30.9 Å². The topological polar surface area (TPSA) is 49.8 Å². The van der Waals surface area contributed by atoms with Gasteiger partial charge < -0.3 is 14.7 Å². The molecule has 4 nitrogen and oxygen atoms in total. The molecule has 0 unspecified atom stereocenters. The van der Waals surface area contributed by atoms with Crippen molar-refractivity contribution in [2.45, 2.75) is 12.8 Å². The van der Waals surface area contributed by atoms with Crippen molar-refractivity contribution < 1.29 is 14.6 Å². The fourth-order valence-corrected chi connectivity index (χ4v) is 2.33. The highest BCUT2D eigenvalue weighted by Gasteiger charge is 2.21. The molecular weight excluding hydrogens is 238 g/mol. The van der Waals surface area contributed by atoms with Gasteiger partial charge in [0.25, 0.3) is 0 Å². The maximum absolute atomic E-state index is 10.7. The van der Waals surface area contributed by atoms with Crippen LogP contribution in [0.5, 0.6) is 0 Å². The molecule has 0 bridgehead atoms. The largest absolute Gasteiger partial charge is 0.477 e. The van der Waals surface area contributed by atoms with Crippen LogP contribution in [0.1, 0.15) is 22.5 Å². The van der Waals surface area contributed by atoms with Crippen LogP contribution in [0.15, 0.2) is 12.1 Å². The molecule has 1 fully saturated rings. The highest BCUT2D eigenvalue weighted by molar-refractivity contribution is 7.17. The molecule has 0 aromatic carbocycles. The molecule has 0 amide bonds. The summed E-state index contributed by atoms with van der Waals surface area (Å²) in [6.45, 7) is 2.37. The van der Waals surface area contributed by atoms with Gasteiger partial charge in [0.05, 0.1) is 11.6 Å². The van der Waals surface area contributed by atoms with Crippen LogP contribution >= 0.6 is 11.3 Å². The minimum atomic E-state index is -0.861. The summed E-state index contributed by atoms with van der Waals surface area (Å²) in [6, 6.07) is 3.49. The maximum Gasteiger partial charge on any atom is 0.345 e. The predicted octanol–water partition coefficient (Wildman–Crippen LogP) is 2.31. The summed E-state index contributed by atoms with van der Waals surface area (Å²) in [5.74, 6) is -0.0692. The molecule has 0 atom stereocenters. The molecule has 1 heterocycles. The third-order valence-corrected chi connectivity index (χ3v) is 3.99. The lowest BCUT2D eigenvalue weighted by Gasteiger charge is -2.16. The van der Waals surface area contributed by atoms with E-state index in [0.717, 1.165) is 24.1 Å². The average Bonchev–Trinajstić information content (AvgIpc) is 2.97. The Balaban J connectivity index is 1.73. The number of rotatable bonds is 7. The number of thiophene rings is 1. The van der Waals surface area contributed by atoms with Crippen LogP contribution in [0.4, 0.5) is 5.00 Å². The van der Waals surface area contributed by atoms with Gasteiger partial charge in [0.2, 0.25) is 0 Å². The molecule has 0 saturated heterocycles. The molecule has 1 N–H and O–H groups in total. The van der Waals surface area contributed by atoms with Crippen LogP contribution in [-0.4, -0.2) is 37.9 Å². The van der Waals surface area contributed by atoms with Gasteiger partial charge >= 0.3 is 5.97 Å². The summed E-state index contributed by atoms with van der Waals surface area (Å²) < 4.78 is 5.55. The van der Waals surface area contributed by atoms with E-state index in [2.05, 4.69) is 0 Å². The van der Waals surface area contributed by atoms with Gasteiger partial charge in [-0.3, -0.25) is 0 Å². The van der Waals surface area contributed by atoms with Gasteiger partial charge in [0.1, 0.15) is 4.88 Å². The second-order valence-corrected chi connectivity index (χ2v) is 5.45. The van der Waals surface area contributed by atoms with E-state index in [1.807, 2.05) is 18.0 Å². The molecule has 1 aromatic rings. The van der Waals surface area contributed by atoms with Crippen LogP contribution in [0.3, 0.4) is 0 Å². The van der Waals surface area contributed by atoms with Gasteiger partial charge in [-0.2, -0.15) is 0 Å². The SMILES string of the molecule is CN(CCOCC1CC1)c1ccc(C(=O)O)s1. The van der Waals surface area contributed by atoms with E-state index in [9.17, 15) is 4.79 Å². The van der Waals surface area contributed by atoms with E-state index < -0.39 is 5.97 Å². The lowest BCUT2D eigenvalue weighted by Crippen LogP contribution is -2.22. The van der Waals surface area contributed by atoms with Crippen molar-refractivity contribution in [2.24, 2.45) is 5.92 Å². The number of anilines is 1. The molecular formula is C12H17NO3S. The molecule has 5 heteroatoms. The minimum absolute atomic E-state index is 0.380. The highest BCUT2D eigenvalue weighted by atomic mass is 32.1. The molecule has 1 saturated carbocycles. The fraction of sp³-hybridized carbons (Fsp3) is 0.583. The Bertz CT molecular complexity index is 387. The lowest BCUT2D eigenvalue weighted by atomic mass is 10.4. The van der Waals surface area contributed by atoms with E-state index in [0.29, 0.717) is 11.5 Å². The van der Waals surface area contributed by atoms with Crippen molar-refractivity contribution in [2.75, 3.05) is 31.7 Å². The predicted molar refractivity (Wildman–Crippen MR) is 68.1 cm³/mol. The third kappa shape index (κ3) is 3.71.